The van der Waals surface area contributed by atoms with Gasteiger partial charge in [0.1, 0.15) is 0 Å². The lowest BCUT2D eigenvalue weighted by atomic mass is 10.2. The zero-order valence-corrected chi connectivity index (χ0v) is 14.1. The second kappa shape index (κ2) is 7.11. The number of aromatic carboxylic acids is 1. The molecule has 0 atom stereocenters. The lowest BCUT2D eigenvalue weighted by molar-refractivity contribution is 0.0698. The third-order valence-electron chi connectivity index (χ3n) is 3.41. The molecule has 2 N–H and O–H groups in total. The molecule has 6 heteroatoms. The molecule has 0 heterocycles. The molecule has 0 aliphatic heterocycles. The van der Waals surface area contributed by atoms with Gasteiger partial charge in [0.05, 0.1) is 11.3 Å². The van der Waals surface area contributed by atoms with Gasteiger partial charge in [0.25, 0.3) is 0 Å². The summed E-state index contributed by atoms with van der Waals surface area (Å²) in [5.41, 5.74) is 0.475. The minimum absolute atomic E-state index is 0.123. The summed E-state index contributed by atoms with van der Waals surface area (Å²) in [5, 5.41) is 12.0. The molecule has 0 radical (unpaired) electrons. The maximum absolute atomic E-state index is 12.3. The monoisotopic (exact) mass is 402 g/mol. The molecule has 2 rings (SSSR count). The van der Waals surface area contributed by atoms with Gasteiger partial charge in [-0.1, -0.05) is 6.92 Å². The van der Waals surface area contributed by atoms with E-state index in [-0.39, 0.29) is 11.6 Å². The van der Waals surface area contributed by atoms with Gasteiger partial charge in [-0.25, -0.2) is 9.59 Å². The number of hydrogen-bond acceptors (Lipinski definition) is 2. The number of amides is 2. The smallest absolute Gasteiger partial charge is 0.337 e. The van der Waals surface area contributed by atoms with E-state index in [0.717, 1.165) is 16.5 Å². The van der Waals surface area contributed by atoms with Gasteiger partial charge in [-0.3, -0.25) is 0 Å². The molecular weight excluding hydrogens is 383 g/mol. The van der Waals surface area contributed by atoms with E-state index in [9.17, 15) is 14.7 Å². The first-order valence-electron chi connectivity index (χ1n) is 7.10. The maximum atomic E-state index is 12.3. The molecule has 1 aromatic rings. The van der Waals surface area contributed by atoms with Crippen molar-refractivity contribution in [1.29, 1.82) is 0 Å². The molecule has 2 amide bonds. The van der Waals surface area contributed by atoms with Gasteiger partial charge < -0.3 is 15.3 Å². The van der Waals surface area contributed by atoms with Crippen LogP contribution >= 0.6 is 22.6 Å². The van der Waals surface area contributed by atoms with E-state index in [1.807, 2.05) is 6.92 Å². The zero-order valence-electron chi connectivity index (χ0n) is 11.9. The average molecular weight is 402 g/mol. The topological polar surface area (TPSA) is 69.6 Å². The third kappa shape index (κ3) is 4.59. The molecule has 21 heavy (non-hydrogen) atoms. The van der Waals surface area contributed by atoms with Crippen molar-refractivity contribution in [3.05, 3.63) is 27.3 Å². The SMILES string of the molecule is CCCN(CC1CC1)C(=O)Nc1ccc(I)cc1C(=O)O. The van der Waals surface area contributed by atoms with E-state index in [1.165, 1.54) is 12.8 Å². The van der Waals surface area contributed by atoms with Gasteiger partial charge in [-0.15, -0.1) is 0 Å². The fourth-order valence-corrected chi connectivity index (χ4v) is 2.65. The van der Waals surface area contributed by atoms with Crippen molar-refractivity contribution in [3.8, 4) is 0 Å². The summed E-state index contributed by atoms with van der Waals surface area (Å²) in [4.78, 5) is 25.4. The molecule has 0 spiro atoms. The Kier molecular flexibility index (Phi) is 5.44. The van der Waals surface area contributed by atoms with Crippen LogP contribution in [0.4, 0.5) is 10.5 Å². The number of nitrogens with one attached hydrogen (secondary N) is 1. The highest BCUT2D eigenvalue weighted by molar-refractivity contribution is 14.1. The fourth-order valence-electron chi connectivity index (χ4n) is 2.15. The number of rotatable bonds is 6. The lowest BCUT2D eigenvalue weighted by Crippen LogP contribution is -2.37. The Balaban J connectivity index is 2.11. The predicted octanol–water partition coefficient (Wildman–Crippen LogP) is 3.64. The van der Waals surface area contributed by atoms with Crippen LogP contribution in [0, 0.1) is 9.49 Å². The van der Waals surface area contributed by atoms with Gasteiger partial charge in [-0.05, 0) is 66.0 Å². The van der Waals surface area contributed by atoms with Gasteiger partial charge >= 0.3 is 12.0 Å². The Morgan fingerprint density at radius 3 is 2.71 bits per heavy atom. The Labute approximate surface area is 137 Å². The normalized spacial score (nSPS) is 13.8. The number of carbonyl (C=O) groups excluding carboxylic acids is 1. The summed E-state index contributed by atoms with van der Waals surface area (Å²) in [5.74, 6) is -0.425. The van der Waals surface area contributed by atoms with E-state index in [0.29, 0.717) is 18.2 Å². The Bertz CT molecular complexity index is 544. The van der Waals surface area contributed by atoms with E-state index in [1.54, 1.807) is 23.1 Å². The summed E-state index contributed by atoms with van der Waals surface area (Å²) in [6, 6.07) is 4.77. The average Bonchev–Trinajstić information content (AvgIpc) is 3.24. The Morgan fingerprint density at radius 2 is 2.14 bits per heavy atom. The largest absolute Gasteiger partial charge is 0.478 e. The lowest BCUT2D eigenvalue weighted by Gasteiger charge is -2.23. The van der Waals surface area contributed by atoms with Crippen LogP contribution in [0.15, 0.2) is 18.2 Å². The Hall–Kier alpha value is -1.31. The summed E-state index contributed by atoms with van der Waals surface area (Å²) in [6.45, 7) is 3.47. The van der Waals surface area contributed by atoms with Crippen LogP contribution < -0.4 is 5.32 Å². The standard InChI is InChI=1S/C15H19IN2O3/c1-2-7-18(9-10-3-4-10)15(21)17-13-6-5-11(16)8-12(13)14(19)20/h5-6,8,10H,2-4,7,9H2,1H3,(H,17,21)(H,19,20). The van der Waals surface area contributed by atoms with Gasteiger partial charge in [0, 0.05) is 16.7 Å². The van der Waals surface area contributed by atoms with E-state index >= 15 is 0 Å². The molecule has 1 aromatic carbocycles. The second-order valence-corrected chi connectivity index (χ2v) is 6.56. The summed E-state index contributed by atoms with van der Waals surface area (Å²) < 4.78 is 0.825. The minimum atomic E-state index is -1.03. The van der Waals surface area contributed by atoms with Crippen molar-refractivity contribution >= 4 is 40.3 Å². The highest BCUT2D eigenvalue weighted by Crippen LogP contribution is 2.30. The molecule has 1 saturated carbocycles. The van der Waals surface area contributed by atoms with Gasteiger partial charge in [0.2, 0.25) is 0 Å². The molecule has 0 aromatic heterocycles. The number of hydrogen-bond donors (Lipinski definition) is 2. The van der Waals surface area contributed by atoms with Crippen molar-refractivity contribution in [2.24, 2.45) is 5.92 Å². The second-order valence-electron chi connectivity index (χ2n) is 5.31. The summed E-state index contributed by atoms with van der Waals surface area (Å²) in [7, 11) is 0. The van der Waals surface area contributed by atoms with Gasteiger partial charge in [0.15, 0.2) is 0 Å². The molecule has 1 aliphatic carbocycles. The predicted molar refractivity (Wildman–Crippen MR) is 89.7 cm³/mol. The highest BCUT2D eigenvalue weighted by Gasteiger charge is 2.26. The van der Waals surface area contributed by atoms with Crippen molar-refractivity contribution in [3.63, 3.8) is 0 Å². The van der Waals surface area contributed by atoms with E-state index < -0.39 is 5.97 Å². The molecule has 5 nitrogen and oxygen atoms in total. The first kappa shape index (κ1) is 16.1. The number of benzene rings is 1. The summed E-state index contributed by atoms with van der Waals surface area (Å²) >= 11 is 2.05. The molecule has 114 valence electrons. The molecular formula is C15H19IN2O3. The first-order valence-corrected chi connectivity index (χ1v) is 8.18. The number of anilines is 1. The fraction of sp³-hybridized carbons (Fsp3) is 0.467. The Morgan fingerprint density at radius 1 is 1.43 bits per heavy atom. The minimum Gasteiger partial charge on any atom is -0.478 e. The molecule has 0 unspecified atom stereocenters. The number of urea groups is 1. The highest BCUT2D eigenvalue weighted by atomic mass is 127. The summed E-state index contributed by atoms with van der Waals surface area (Å²) in [6.07, 6.45) is 3.24. The number of carboxylic acids is 1. The quantitative estimate of drug-likeness (QED) is 0.714. The van der Waals surface area contributed by atoms with Crippen molar-refractivity contribution in [1.82, 2.24) is 4.90 Å². The van der Waals surface area contributed by atoms with Crippen LogP contribution in [0.25, 0.3) is 0 Å². The van der Waals surface area contributed by atoms with E-state index in [2.05, 4.69) is 27.9 Å². The van der Waals surface area contributed by atoms with E-state index in [4.69, 9.17) is 0 Å². The molecule has 1 aliphatic rings. The van der Waals surface area contributed by atoms with Crippen LogP contribution in [-0.2, 0) is 0 Å². The first-order chi connectivity index (χ1) is 10.0. The van der Waals surface area contributed by atoms with Crippen LogP contribution in [0.3, 0.4) is 0 Å². The van der Waals surface area contributed by atoms with Crippen LogP contribution in [0.5, 0.6) is 0 Å². The van der Waals surface area contributed by atoms with Crippen molar-refractivity contribution in [2.75, 3.05) is 18.4 Å². The van der Waals surface area contributed by atoms with Crippen LogP contribution in [0.2, 0.25) is 0 Å². The van der Waals surface area contributed by atoms with Crippen molar-refractivity contribution < 1.29 is 14.7 Å². The number of carboxylic acid groups (broad SMARTS) is 1. The number of nitrogens with zero attached hydrogens (tertiary/aromatic N) is 1. The molecule has 0 saturated heterocycles. The maximum Gasteiger partial charge on any atom is 0.337 e. The number of halogens is 1. The van der Waals surface area contributed by atoms with Crippen molar-refractivity contribution in [2.45, 2.75) is 26.2 Å². The van der Waals surface area contributed by atoms with Crippen LogP contribution in [0.1, 0.15) is 36.5 Å². The number of carbonyl (C=O) groups is 2. The molecule has 0 bridgehead atoms. The zero-order chi connectivity index (χ0) is 15.4. The third-order valence-corrected chi connectivity index (χ3v) is 4.08. The van der Waals surface area contributed by atoms with Crippen LogP contribution in [-0.4, -0.2) is 35.1 Å². The molecule has 1 fully saturated rings. The van der Waals surface area contributed by atoms with Gasteiger partial charge in [-0.2, -0.15) is 0 Å².